The Morgan fingerprint density at radius 2 is 2.26 bits per heavy atom. The van der Waals surface area contributed by atoms with Gasteiger partial charge < -0.3 is 15.0 Å². The van der Waals surface area contributed by atoms with E-state index in [9.17, 15) is 13.2 Å². The van der Waals surface area contributed by atoms with Crippen molar-refractivity contribution in [3.63, 3.8) is 0 Å². The van der Waals surface area contributed by atoms with Gasteiger partial charge in [0, 0.05) is 31.4 Å². The minimum Gasteiger partial charge on any atom is -0.374 e. The second kappa shape index (κ2) is 4.64. The first-order valence-electron chi connectivity index (χ1n) is 6.17. The molecule has 1 aromatic heterocycles. The number of aromatic nitrogens is 1. The van der Waals surface area contributed by atoms with Gasteiger partial charge in [0.2, 0.25) is 0 Å². The maximum absolute atomic E-state index is 12.7. The summed E-state index contributed by atoms with van der Waals surface area (Å²) in [4.78, 5) is 6.07. The molecule has 1 saturated heterocycles. The summed E-state index contributed by atoms with van der Waals surface area (Å²) in [6.07, 6.45) is -3.46. The van der Waals surface area contributed by atoms with Gasteiger partial charge in [0.05, 0.1) is 24.8 Å². The summed E-state index contributed by atoms with van der Waals surface area (Å²) in [5, 5.41) is 3.25. The van der Waals surface area contributed by atoms with Crippen LogP contribution in [0.1, 0.15) is 11.1 Å². The summed E-state index contributed by atoms with van der Waals surface area (Å²) in [5.74, 6) is 0.622. The Balaban J connectivity index is 1.99. The van der Waals surface area contributed by atoms with Crippen LogP contribution in [-0.2, 0) is 17.5 Å². The van der Waals surface area contributed by atoms with E-state index in [1.807, 2.05) is 4.90 Å². The number of rotatable bonds is 0. The smallest absolute Gasteiger partial charge is 0.374 e. The first-order chi connectivity index (χ1) is 9.05. The zero-order chi connectivity index (χ0) is 13.5. The number of ether oxygens (including phenoxy) is 1. The third kappa shape index (κ3) is 2.40. The van der Waals surface area contributed by atoms with Crippen molar-refractivity contribution in [1.82, 2.24) is 10.3 Å². The number of piperazine rings is 1. The molecule has 1 unspecified atom stereocenters. The molecule has 0 amide bonds. The molecule has 0 aromatic carbocycles. The molecule has 4 nitrogen and oxygen atoms in total. The van der Waals surface area contributed by atoms with Gasteiger partial charge in [0.15, 0.2) is 0 Å². The first-order valence-corrected chi connectivity index (χ1v) is 6.17. The third-order valence-electron chi connectivity index (χ3n) is 3.46. The highest BCUT2D eigenvalue weighted by molar-refractivity contribution is 5.50. The Morgan fingerprint density at radius 3 is 3.05 bits per heavy atom. The van der Waals surface area contributed by atoms with Crippen LogP contribution in [0.5, 0.6) is 0 Å². The van der Waals surface area contributed by atoms with Crippen LogP contribution in [0, 0.1) is 0 Å². The fourth-order valence-electron chi connectivity index (χ4n) is 2.52. The summed E-state index contributed by atoms with van der Waals surface area (Å²) < 4.78 is 43.5. The molecule has 3 rings (SSSR count). The Morgan fingerprint density at radius 1 is 1.42 bits per heavy atom. The van der Waals surface area contributed by atoms with Gasteiger partial charge in [-0.25, -0.2) is 4.98 Å². The Kier molecular flexibility index (Phi) is 3.10. The lowest BCUT2D eigenvalue weighted by Gasteiger charge is -2.35. The van der Waals surface area contributed by atoms with Crippen molar-refractivity contribution in [1.29, 1.82) is 0 Å². The summed E-state index contributed by atoms with van der Waals surface area (Å²) in [6, 6.07) is 1.28. The molecule has 1 N–H and O–H groups in total. The average molecular weight is 273 g/mol. The van der Waals surface area contributed by atoms with Crippen LogP contribution in [-0.4, -0.2) is 37.3 Å². The highest BCUT2D eigenvalue weighted by atomic mass is 19.4. The molecule has 2 aliphatic heterocycles. The second-order valence-corrected chi connectivity index (χ2v) is 4.77. The van der Waals surface area contributed by atoms with Crippen molar-refractivity contribution in [3.8, 4) is 0 Å². The van der Waals surface area contributed by atoms with Crippen molar-refractivity contribution in [2.24, 2.45) is 0 Å². The van der Waals surface area contributed by atoms with Crippen molar-refractivity contribution in [2.45, 2.75) is 18.8 Å². The van der Waals surface area contributed by atoms with E-state index in [4.69, 9.17) is 4.74 Å². The van der Waals surface area contributed by atoms with E-state index in [1.54, 1.807) is 0 Å². The van der Waals surface area contributed by atoms with Crippen molar-refractivity contribution in [2.75, 3.05) is 31.1 Å². The Labute approximate surface area is 108 Å². The number of alkyl halides is 3. The monoisotopic (exact) mass is 273 g/mol. The number of anilines is 1. The molecule has 1 atom stereocenters. The molecule has 19 heavy (non-hydrogen) atoms. The summed E-state index contributed by atoms with van der Waals surface area (Å²) >= 11 is 0. The quantitative estimate of drug-likeness (QED) is 0.775. The van der Waals surface area contributed by atoms with Crippen LogP contribution in [0.3, 0.4) is 0 Å². The normalized spacial score (nSPS) is 23.5. The van der Waals surface area contributed by atoms with E-state index >= 15 is 0 Å². The molecular weight excluding hydrogens is 259 g/mol. The second-order valence-electron chi connectivity index (χ2n) is 4.77. The molecule has 1 aromatic rings. The number of nitrogens with zero attached hydrogens (tertiary/aromatic N) is 2. The molecule has 0 spiro atoms. The van der Waals surface area contributed by atoms with Gasteiger partial charge in [-0.1, -0.05) is 0 Å². The molecular formula is C12H14F3N3O. The van der Waals surface area contributed by atoms with Gasteiger partial charge in [-0.3, -0.25) is 0 Å². The van der Waals surface area contributed by atoms with Crippen LogP contribution < -0.4 is 10.2 Å². The van der Waals surface area contributed by atoms with Gasteiger partial charge in [-0.2, -0.15) is 13.2 Å². The zero-order valence-electron chi connectivity index (χ0n) is 10.2. The maximum atomic E-state index is 12.7. The van der Waals surface area contributed by atoms with Gasteiger partial charge >= 0.3 is 6.18 Å². The van der Waals surface area contributed by atoms with Crippen molar-refractivity contribution in [3.05, 3.63) is 23.4 Å². The number of halogens is 3. The van der Waals surface area contributed by atoms with Crippen LogP contribution in [0.25, 0.3) is 0 Å². The number of hydrogen-bond donors (Lipinski definition) is 1. The molecule has 104 valence electrons. The number of pyridine rings is 1. The number of nitrogens with one attached hydrogen (secondary N) is 1. The van der Waals surface area contributed by atoms with E-state index in [0.29, 0.717) is 18.0 Å². The Bertz CT molecular complexity index is 478. The van der Waals surface area contributed by atoms with Crippen molar-refractivity contribution < 1.29 is 17.9 Å². The third-order valence-corrected chi connectivity index (χ3v) is 3.46. The van der Waals surface area contributed by atoms with E-state index in [-0.39, 0.29) is 12.6 Å². The molecule has 3 heterocycles. The van der Waals surface area contributed by atoms with E-state index in [1.165, 1.54) is 0 Å². The first kappa shape index (κ1) is 12.7. The predicted molar refractivity (Wildman–Crippen MR) is 62.9 cm³/mol. The number of fused-ring (bicyclic) bond motifs is 3. The minimum absolute atomic E-state index is 0.138. The van der Waals surface area contributed by atoms with Gasteiger partial charge in [0.1, 0.15) is 5.82 Å². The van der Waals surface area contributed by atoms with E-state index < -0.39 is 11.7 Å². The molecule has 0 radical (unpaired) electrons. The minimum atomic E-state index is -4.36. The standard InChI is InChI=1S/C12H14F3N3O/c13-12(14,15)9-3-8-6-19-7-10-5-16-1-2-18(10)11(8)17-4-9/h3-4,10,16H,1-2,5-7H2. The fourth-order valence-corrected chi connectivity index (χ4v) is 2.52. The lowest BCUT2D eigenvalue weighted by molar-refractivity contribution is -0.137. The summed E-state index contributed by atoms with van der Waals surface area (Å²) in [6.45, 7) is 2.99. The van der Waals surface area contributed by atoms with Crippen LogP contribution in [0.15, 0.2) is 12.3 Å². The summed E-state index contributed by atoms with van der Waals surface area (Å²) in [5.41, 5.74) is -0.206. The van der Waals surface area contributed by atoms with Crippen LogP contribution in [0.2, 0.25) is 0 Å². The lowest BCUT2D eigenvalue weighted by Crippen LogP contribution is -2.53. The molecule has 7 heteroatoms. The highest BCUT2D eigenvalue weighted by Gasteiger charge is 2.34. The van der Waals surface area contributed by atoms with Gasteiger partial charge in [0.25, 0.3) is 0 Å². The predicted octanol–water partition coefficient (Wildman–Crippen LogP) is 1.41. The molecule has 1 fully saturated rings. The molecule has 0 bridgehead atoms. The molecule has 0 saturated carbocycles. The van der Waals surface area contributed by atoms with Gasteiger partial charge in [-0.15, -0.1) is 0 Å². The average Bonchev–Trinajstić information content (AvgIpc) is 2.56. The largest absolute Gasteiger partial charge is 0.417 e. The fraction of sp³-hybridized carbons (Fsp3) is 0.583. The lowest BCUT2D eigenvalue weighted by atomic mass is 10.1. The number of hydrogen-bond acceptors (Lipinski definition) is 4. The van der Waals surface area contributed by atoms with E-state index in [0.717, 1.165) is 31.9 Å². The Hall–Kier alpha value is -1.34. The van der Waals surface area contributed by atoms with Crippen LogP contribution >= 0.6 is 0 Å². The topological polar surface area (TPSA) is 37.4 Å². The van der Waals surface area contributed by atoms with Crippen LogP contribution in [0.4, 0.5) is 19.0 Å². The molecule has 0 aliphatic carbocycles. The SMILES string of the molecule is FC(F)(F)c1cnc2c(c1)COCC1CNCCN21. The van der Waals surface area contributed by atoms with Gasteiger partial charge in [-0.05, 0) is 6.07 Å². The molecule has 2 aliphatic rings. The van der Waals surface area contributed by atoms with Crippen molar-refractivity contribution >= 4 is 5.82 Å². The van der Waals surface area contributed by atoms with E-state index in [2.05, 4.69) is 10.3 Å². The zero-order valence-corrected chi connectivity index (χ0v) is 10.2. The summed E-state index contributed by atoms with van der Waals surface area (Å²) in [7, 11) is 0. The maximum Gasteiger partial charge on any atom is 0.417 e. The highest BCUT2D eigenvalue weighted by Crippen LogP contribution is 2.33.